The smallest absolute Gasteiger partial charge is 0.319 e. The van der Waals surface area contributed by atoms with Gasteiger partial charge in [0, 0.05) is 33.1 Å². The lowest BCUT2D eigenvalue weighted by Gasteiger charge is -2.32. The second-order valence-corrected chi connectivity index (χ2v) is 7.16. The molecule has 0 saturated carbocycles. The fourth-order valence-electron chi connectivity index (χ4n) is 3.37. The molecule has 0 bridgehead atoms. The minimum Gasteiger partial charge on any atom is -0.377 e. The molecule has 2 saturated heterocycles. The van der Waals surface area contributed by atoms with E-state index in [1.165, 1.54) is 0 Å². The Kier molecular flexibility index (Phi) is 5.39. The summed E-state index contributed by atoms with van der Waals surface area (Å²) in [6, 6.07) is 3.87. The third-order valence-corrected chi connectivity index (χ3v) is 4.66. The maximum Gasteiger partial charge on any atom is 0.319 e. The first kappa shape index (κ1) is 17.9. The van der Waals surface area contributed by atoms with Gasteiger partial charge in [-0.05, 0) is 25.5 Å². The second kappa shape index (κ2) is 7.53. The Hall–Kier alpha value is -1.93. The highest BCUT2D eigenvalue weighted by atomic mass is 16.5. The average Bonchev–Trinajstić information content (AvgIpc) is 2.87. The second-order valence-electron chi connectivity index (χ2n) is 7.16. The molecule has 1 N–H and O–H groups in total. The van der Waals surface area contributed by atoms with Crippen molar-refractivity contribution in [2.24, 2.45) is 5.92 Å². The zero-order chi connectivity index (χ0) is 17.9. The minimum absolute atomic E-state index is 0.00461. The molecule has 2 aliphatic rings. The van der Waals surface area contributed by atoms with Crippen molar-refractivity contribution in [3.63, 3.8) is 0 Å². The molecular formula is C17H27N5O3. The summed E-state index contributed by atoms with van der Waals surface area (Å²) in [5.41, 5.74) is 0.489. The van der Waals surface area contributed by atoms with Crippen molar-refractivity contribution in [1.29, 1.82) is 0 Å². The van der Waals surface area contributed by atoms with Gasteiger partial charge in [-0.15, -0.1) is 5.10 Å². The molecule has 1 aromatic heterocycles. The number of urea groups is 1. The predicted molar refractivity (Wildman–Crippen MR) is 93.5 cm³/mol. The molecule has 2 amide bonds. The molecule has 2 aliphatic heterocycles. The van der Waals surface area contributed by atoms with Crippen LogP contribution in [0.4, 0.5) is 10.6 Å². The van der Waals surface area contributed by atoms with Crippen LogP contribution in [0.3, 0.4) is 0 Å². The van der Waals surface area contributed by atoms with Crippen molar-refractivity contribution in [1.82, 2.24) is 20.0 Å². The van der Waals surface area contributed by atoms with Crippen LogP contribution in [0.2, 0.25) is 0 Å². The van der Waals surface area contributed by atoms with Crippen molar-refractivity contribution in [3.05, 3.63) is 17.8 Å². The molecule has 2 fully saturated rings. The average molecular weight is 349 g/mol. The topological polar surface area (TPSA) is 79.8 Å². The fourth-order valence-corrected chi connectivity index (χ4v) is 3.37. The van der Waals surface area contributed by atoms with Crippen molar-refractivity contribution in [3.8, 4) is 0 Å². The van der Waals surface area contributed by atoms with Crippen LogP contribution in [0.5, 0.6) is 0 Å². The zero-order valence-corrected chi connectivity index (χ0v) is 15.2. The number of ether oxygens (including phenoxy) is 2. The highest BCUT2D eigenvalue weighted by Crippen LogP contribution is 2.33. The van der Waals surface area contributed by atoms with Crippen LogP contribution >= 0.6 is 0 Å². The number of hydrogen-bond acceptors (Lipinski definition) is 6. The van der Waals surface area contributed by atoms with Gasteiger partial charge in [0.2, 0.25) is 0 Å². The van der Waals surface area contributed by atoms with E-state index in [1.54, 1.807) is 19.0 Å². The third-order valence-electron chi connectivity index (χ3n) is 4.66. The molecule has 0 aliphatic carbocycles. The number of aryl methyl sites for hydroxylation is 1. The van der Waals surface area contributed by atoms with Crippen molar-refractivity contribution >= 4 is 11.8 Å². The first-order chi connectivity index (χ1) is 12.0. The summed E-state index contributed by atoms with van der Waals surface area (Å²) in [5, 5.41) is 11.5. The van der Waals surface area contributed by atoms with Crippen molar-refractivity contribution in [2.75, 3.05) is 58.9 Å². The Morgan fingerprint density at radius 2 is 2.28 bits per heavy atom. The largest absolute Gasteiger partial charge is 0.377 e. The minimum atomic E-state index is -0.409. The van der Waals surface area contributed by atoms with Crippen molar-refractivity contribution in [2.45, 2.75) is 18.9 Å². The Bertz CT molecular complexity index is 594. The van der Waals surface area contributed by atoms with E-state index in [-0.39, 0.29) is 6.03 Å². The number of anilines is 1. The fraction of sp³-hybridized carbons (Fsp3) is 0.706. The van der Waals surface area contributed by atoms with Crippen LogP contribution in [0.1, 0.15) is 12.1 Å². The number of amides is 2. The molecule has 0 unspecified atom stereocenters. The normalized spacial score (nSPS) is 26.5. The number of rotatable bonds is 3. The summed E-state index contributed by atoms with van der Waals surface area (Å²) in [5.74, 6) is 1.12. The van der Waals surface area contributed by atoms with Crippen LogP contribution < -0.4 is 5.32 Å². The van der Waals surface area contributed by atoms with Gasteiger partial charge in [0.15, 0.2) is 0 Å². The molecule has 2 atom stereocenters. The van der Waals surface area contributed by atoms with Gasteiger partial charge in [-0.1, -0.05) is 0 Å². The summed E-state index contributed by atoms with van der Waals surface area (Å²) in [7, 11) is 3.54. The van der Waals surface area contributed by atoms with Gasteiger partial charge in [0.1, 0.15) is 11.4 Å². The number of carbonyl (C=O) groups excluding carboxylic acids is 1. The Balaban J connectivity index is 1.57. The molecule has 0 radical (unpaired) electrons. The van der Waals surface area contributed by atoms with Crippen LogP contribution in [-0.2, 0) is 9.47 Å². The molecule has 25 heavy (non-hydrogen) atoms. The van der Waals surface area contributed by atoms with E-state index in [0.29, 0.717) is 38.8 Å². The summed E-state index contributed by atoms with van der Waals surface area (Å²) in [6.07, 6.45) is 0.858. The van der Waals surface area contributed by atoms with Crippen LogP contribution in [0.25, 0.3) is 0 Å². The summed E-state index contributed by atoms with van der Waals surface area (Å²) in [4.78, 5) is 15.8. The van der Waals surface area contributed by atoms with E-state index in [0.717, 1.165) is 24.5 Å². The van der Waals surface area contributed by atoms with E-state index in [1.807, 2.05) is 24.0 Å². The first-order valence-corrected chi connectivity index (χ1v) is 8.70. The summed E-state index contributed by atoms with van der Waals surface area (Å²) < 4.78 is 11.9. The lowest BCUT2D eigenvalue weighted by Crippen LogP contribution is -2.49. The van der Waals surface area contributed by atoms with Crippen molar-refractivity contribution < 1.29 is 14.3 Å². The lowest BCUT2D eigenvalue weighted by molar-refractivity contribution is -0.0535. The van der Waals surface area contributed by atoms with Crippen LogP contribution in [-0.4, -0.2) is 85.2 Å². The van der Waals surface area contributed by atoms with E-state index >= 15 is 0 Å². The lowest BCUT2D eigenvalue weighted by atomic mass is 9.94. The molecular weight excluding hydrogens is 322 g/mol. The standard InChI is InChI=1S/C17H27N5O3/c1-13-4-5-15(20-19-13)18-9-14-8-17(25-10-14)11-22(6-7-24-12-17)16(23)21(2)3/h4-5,14H,6-12H2,1-3H3,(H,18,20)/t14-,17-/m0/s1. The van der Waals surface area contributed by atoms with Crippen LogP contribution in [0.15, 0.2) is 12.1 Å². The van der Waals surface area contributed by atoms with E-state index in [4.69, 9.17) is 9.47 Å². The molecule has 8 nitrogen and oxygen atoms in total. The highest BCUT2D eigenvalue weighted by molar-refractivity contribution is 5.74. The molecule has 138 valence electrons. The van der Waals surface area contributed by atoms with Gasteiger partial charge in [0.05, 0.1) is 32.1 Å². The molecule has 1 spiro atoms. The SMILES string of the molecule is Cc1ccc(NC[C@H]2CO[C@@]3(COCCN(C(=O)N(C)C)C3)C2)nn1. The molecule has 0 aromatic carbocycles. The third kappa shape index (κ3) is 4.38. The molecule has 3 rings (SSSR count). The van der Waals surface area contributed by atoms with Gasteiger partial charge >= 0.3 is 6.03 Å². The van der Waals surface area contributed by atoms with E-state index < -0.39 is 5.60 Å². The van der Waals surface area contributed by atoms with Gasteiger partial charge in [-0.2, -0.15) is 5.10 Å². The Morgan fingerprint density at radius 3 is 3.00 bits per heavy atom. The number of hydrogen-bond donors (Lipinski definition) is 1. The van der Waals surface area contributed by atoms with Gasteiger partial charge in [-0.3, -0.25) is 0 Å². The Labute approximate surface area is 148 Å². The van der Waals surface area contributed by atoms with Crippen LogP contribution in [0, 0.1) is 12.8 Å². The number of carbonyl (C=O) groups is 1. The summed E-state index contributed by atoms with van der Waals surface area (Å²) in [6.45, 7) is 5.59. The molecule has 1 aromatic rings. The molecule has 3 heterocycles. The number of nitrogens with zero attached hydrogens (tertiary/aromatic N) is 4. The molecule has 8 heteroatoms. The first-order valence-electron chi connectivity index (χ1n) is 8.70. The number of aromatic nitrogens is 2. The maximum atomic E-state index is 12.3. The maximum absolute atomic E-state index is 12.3. The summed E-state index contributed by atoms with van der Waals surface area (Å²) >= 11 is 0. The number of nitrogens with one attached hydrogen (secondary N) is 1. The van der Waals surface area contributed by atoms with Gasteiger partial charge in [-0.25, -0.2) is 4.79 Å². The van der Waals surface area contributed by atoms with E-state index in [2.05, 4.69) is 15.5 Å². The van der Waals surface area contributed by atoms with E-state index in [9.17, 15) is 4.79 Å². The predicted octanol–water partition coefficient (Wildman–Crippen LogP) is 0.986. The van der Waals surface area contributed by atoms with Gasteiger partial charge < -0.3 is 24.6 Å². The monoisotopic (exact) mass is 349 g/mol. The highest BCUT2D eigenvalue weighted by Gasteiger charge is 2.44. The quantitative estimate of drug-likeness (QED) is 0.876. The Morgan fingerprint density at radius 1 is 1.44 bits per heavy atom. The zero-order valence-electron chi connectivity index (χ0n) is 15.2. The van der Waals surface area contributed by atoms with Gasteiger partial charge in [0.25, 0.3) is 0 Å².